The van der Waals surface area contributed by atoms with Crippen molar-refractivity contribution in [2.75, 3.05) is 20.7 Å². The van der Waals surface area contributed by atoms with Gasteiger partial charge in [-0.2, -0.15) is 0 Å². The summed E-state index contributed by atoms with van der Waals surface area (Å²) in [4.78, 5) is 41.8. The van der Waals surface area contributed by atoms with Gasteiger partial charge in [-0.05, 0) is 93.9 Å². The van der Waals surface area contributed by atoms with Crippen LogP contribution in [0.4, 0.5) is 0 Å². The fourth-order valence-electron chi connectivity index (χ4n) is 7.79. The van der Waals surface area contributed by atoms with Gasteiger partial charge in [-0.1, -0.05) is 40.7 Å². The molecule has 0 spiro atoms. The summed E-state index contributed by atoms with van der Waals surface area (Å²) in [5.74, 6) is 1.71. The highest BCUT2D eigenvalue weighted by Crippen LogP contribution is 2.61. The van der Waals surface area contributed by atoms with Crippen molar-refractivity contribution in [3.63, 3.8) is 0 Å². The number of rotatable bonds is 10. The lowest BCUT2D eigenvalue weighted by atomic mass is 9.47. The first-order valence-electron chi connectivity index (χ1n) is 14.3. The molecule has 4 aliphatic rings. The summed E-state index contributed by atoms with van der Waals surface area (Å²) in [6, 6.07) is -1.29. The molecule has 2 N–H and O–H groups in total. The number of ether oxygens (including phenoxy) is 1. The molecule has 0 aromatic heterocycles. The zero-order valence-electron chi connectivity index (χ0n) is 24.6. The van der Waals surface area contributed by atoms with E-state index in [9.17, 15) is 14.4 Å². The fourth-order valence-corrected chi connectivity index (χ4v) is 7.79. The molecule has 0 aromatic rings. The van der Waals surface area contributed by atoms with E-state index in [2.05, 4.69) is 10.6 Å². The molecule has 4 fully saturated rings. The monoisotopic (exact) mass is 517 g/mol. The Morgan fingerprint density at radius 1 is 1.05 bits per heavy atom. The van der Waals surface area contributed by atoms with Crippen molar-refractivity contribution >= 4 is 17.8 Å². The van der Waals surface area contributed by atoms with Crippen LogP contribution in [-0.4, -0.2) is 61.5 Å². The lowest BCUT2D eigenvalue weighted by Gasteiger charge is -2.59. The van der Waals surface area contributed by atoms with Crippen molar-refractivity contribution in [1.29, 1.82) is 0 Å². The standard InChI is InChI=1S/C30H51N3O4/c1-10-37-28(36)19(4)11-23(18(2)3)33(9)27(35)25(29(5,6)7)32-26(34)24(31-8)30-15-20-12-21(16-30)14-22(13-20)17-30/h11,18,20-25,31H,10,12-17H2,1-9H3,(H,32,34)/t20?,21?,22?,23-,24+,25-,30?/m1/s1. The highest BCUT2D eigenvalue weighted by Gasteiger charge is 2.56. The molecule has 37 heavy (non-hydrogen) atoms. The summed E-state index contributed by atoms with van der Waals surface area (Å²) in [6.45, 7) is 13.8. The molecule has 7 heteroatoms. The predicted molar refractivity (Wildman–Crippen MR) is 147 cm³/mol. The number of likely N-dealkylation sites (N-methyl/N-ethyl adjacent to an activating group) is 2. The summed E-state index contributed by atoms with van der Waals surface area (Å²) < 4.78 is 5.14. The molecule has 4 rings (SSSR count). The SMILES string of the molecule is CCOC(=O)C(C)=C[C@H](C(C)C)N(C)C(=O)[C@@H](NC(=O)[C@H](NC)C12CC3CC(CC(C3)C1)C2)C(C)(C)C. The van der Waals surface area contributed by atoms with Gasteiger partial charge in [-0.3, -0.25) is 9.59 Å². The Kier molecular flexibility index (Phi) is 9.19. The zero-order chi connectivity index (χ0) is 27.7. The molecule has 4 bridgehead atoms. The molecule has 0 heterocycles. The first-order valence-corrected chi connectivity index (χ1v) is 14.3. The normalized spacial score (nSPS) is 29.6. The number of esters is 1. The van der Waals surface area contributed by atoms with E-state index in [1.165, 1.54) is 19.3 Å². The maximum absolute atomic E-state index is 14.0. The van der Waals surface area contributed by atoms with Gasteiger partial charge in [0.15, 0.2) is 0 Å². The van der Waals surface area contributed by atoms with Crippen LogP contribution in [0.25, 0.3) is 0 Å². The molecule has 7 nitrogen and oxygen atoms in total. The average molecular weight is 518 g/mol. The molecule has 4 saturated carbocycles. The maximum atomic E-state index is 14.0. The molecule has 0 aliphatic heterocycles. The van der Waals surface area contributed by atoms with Gasteiger partial charge in [-0.25, -0.2) is 4.79 Å². The first kappa shape index (κ1) is 29.7. The molecule has 0 aromatic carbocycles. The largest absolute Gasteiger partial charge is 0.463 e. The Morgan fingerprint density at radius 3 is 1.97 bits per heavy atom. The van der Waals surface area contributed by atoms with Gasteiger partial charge in [0.2, 0.25) is 11.8 Å². The number of amides is 2. The summed E-state index contributed by atoms with van der Waals surface area (Å²) in [7, 11) is 3.65. The van der Waals surface area contributed by atoms with E-state index >= 15 is 0 Å². The number of nitrogens with zero attached hydrogens (tertiary/aromatic N) is 1. The molecule has 4 aliphatic carbocycles. The summed E-state index contributed by atoms with van der Waals surface area (Å²) in [5, 5.41) is 6.58. The van der Waals surface area contributed by atoms with Crippen LogP contribution in [0.1, 0.15) is 87.0 Å². The van der Waals surface area contributed by atoms with E-state index in [0.717, 1.165) is 37.0 Å². The first-order chi connectivity index (χ1) is 17.2. The van der Waals surface area contributed by atoms with Crippen LogP contribution in [0.2, 0.25) is 0 Å². The molecule has 210 valence electrons. The third-order valence-corrected chi connectivity index (χ3v) is 9.14. The Labute approximate surface area is 224 Å². The number of hydrogen-bond donors (Lipinski definition) is 2. The van der Waals surface area contributed by atoms with Crippen molar-refractivity contribution in [1.82, 2.24) is 15.5 Å². The Hall–Kier alpha value is -1.89. The van der Waals surface area contributed by atoms with Crippen LogP contribution in [0.3, 0.4) is 0 Å². The van der Waals surface area contributed by atoms with E-state index in [1.807, 2.05) is 47.7 Å². The Morgan fingerprint density at radius 2 is 1.57 bits per heavy atom. The molecule has 3 atom stereocenters. The van der Waals surface area contributed by atoms with E-state index < -0.39 is 11.5 Å². The van der Waals surface area contributed by atoms with Crippen molar-refractivity contribution < 1.29 is 19.1 Å². The fraction of sp³-hybridized carbons (Fsp3) is 0.833. The molecule has 0 unspecified atom stereocenters. The van der Waals surface area contributed by atoms with Crippen LogP contribution in [0.5, 0.6) is 0 Å². The van der Waals surface area contributed by atoms with Crippen LogP contribution in [0, 0.1) is 34.5 Å². The lowest BCUT2D eigenvalue weighted by Crippen LogP contribution is -2.64. The molecule has 0 saturated heterocycles. The number of hydrogen-bond acceptors (Lipinski definition) is 5. The minimum Gasteiger partial charge on any atom is -0.463 e. The van der Waals surface area contributed by atoms with Gasteiger partial charge < -0.3 is 20.3 Å². The Balaban J connectivity index is 1.81. The minimum absolute atomic E-state index is 0.00900. The molecule has 2 amide bonds. The second-order valence-corrected chi connectivity index (χ2v) is 13.6. The highest BCUT2D eigenvalue weighted by molar-refractivity contribution is 5.91. The van der Waals surface area contributed by atoms with Crippen LogP contribution in [-0.2, 0) is 19.1 Å². The number of carbonyl (C=O) groups excluding carboxylic acids is 3. The van der Waals surface area contributed by atoms with Gasteiger partial charge in [0.05, 0.1) is 18.7 Å². The average Bonchev–Trinajstić information content (AvgIpc) is 2.78. The molecular formula is C30H51N3O4. The van der Waals surface area contributed by atoms with E-state index in [1.54, 1.807) is 25.8 Å². The van der Waals surface area contributed by atoms with E-state index in [0.29, 0.717) is 12.2 Å². The van der Waals surface area contributed by atoms with Crippen molar-refractivity contribution in [2.24, 2.45) is 34.5 Å². The van der Waals surface area contributed by atoms with Gasteiger partial charge in [0.25, 0.3) is 0 Å². The van der Waals surface area contributed by atoms with Gasteiger partial charge in [0.1, 0.15) is 6.04 Å². The lowest BCUT2D eigenvalue weighted by molar-refractivity contribution is -0.144. The molecule has 0 radical (unpaired) electrons. The van der Waals surface area contributed by atoms with Crippen molar-refractivity contribution in [3.8, 4) is 0 Å². The number of nitrogens with one attached hydrogen (secondary N) is 2. The second-order valence-electron chi connectivity index (χ2n) is 13.6. The Bertz CT molecular complexity index is 852. The topological polar surface area (TPSA) is 87.7 Å². The smallest absolute Gasteiger partial charge is 0.333 e. The summed E-state index contributed by atoms with van der Waals surface area (Å²) in [6.07, 6.45) is 9.10. The number of carbonyl (C=O) groups is 3. The van der Waals surface area contributed by atoms with E-state index in [4.69, 9.17) is 4.74 Å². The van der Waals surface area contributed by atoms with Crippen molar-refractivity contribution in [2.45, 2.75) is 105 Å². The molecular weight excluding hydrogens is 466 g/mol. The summed E-state index contributed by atoms with van der Waals surface area (Å²) in [5.41, 5.74) is -0.0127. The van der Waals surface area contributed by atoms with Gasteiger partial charge in [0, 0.05) is 12.6 Å². The van der Waals surface area contributed by atoms with Gasteiger partial charge >= 0.3 is 5.97 Å². The predicted octanol–water partition coefficient (Wildman–Crippen LogP) is 4.31. The maximum Gasteiger partial charge on any atom is 0.333 e. The minimum atomic E-state index is -0.688. The van der Waals surface area contributed by atoms with Gasteiger partial charge in [-0.15, -0.1) is 0 Å². The van der Waals surface area contributed by atoms with Crippen LogP contribution >= 0.6 is 0 Å². The third kappa shape index (κ3) is 6.40. The highest BCUT2D eigenvalue weighted by atomic mass is 16.5. The van der Waals surface area contributed by atoms with Crippen LogP contribution in [0.15, 0.2) is 11.6 Å². The van der Waals surface area contributed by atoms with Crippen LogP contribution < -0.4 is 10.6 Å². The van der Waals surface area contributed by atoms with Crippen molar-refractivity contribution in [3.05, 3.63) is 11.6 Å². The third-order valence-electron chi connectivity index (χ3n) is 9.14. The quantitative estimate of drug-likeness (QED) is 0.333. The zero-order valence-corrected chi connectivity index (χ0v) is 24.6. The second kappa shape index (κ2) is 11.5. The van der Waals surface area contributed by atoms with E-state index in [-0.39, 0.29) is 41.2 Å². The summed E-state index contributed by atoms with van der Waals surface area (Å²) >= 11 is 0.